The van der Waals surface area contributed by atoms with Crippen molar-refractivity contribution in [3.8, 4) is 17.1 Å². The van der Waals surface area contributed by atoms with Crippen LogP contribution in [0.1, 0.15) is 0 Å². The highest BCUT2D eigenvalue weighted by atomic mass is 16.3. The van der Waals surface area contributed by atoms with Crippen LogP contribution in [0.15, 0.2) is 59.5 Å². The molecule has 0 aliphatic rings. The van der Waals surface area contributed by atoms with Crippen LogP contribution in [-0.4, -0.2) is 33.8 Å². The van der Waals surface area contributed by atoms with Crippen molar-refractivity contribution < 1.29 is 4.42 Å². The molecule has 0 fully saturated rings. The van der Waals surface area contributed by atoms with Gasteiger partial charge in [0, 0.05) is 25.3 Å². The van der Waals surface area contributed by atoms with Crippen molar-refractivity contribution in [3.05, 3.63) is 55.1 Å². The van der Waals surface area contributed by atoms with Crippen LogP contribution in [0.3, 0.4) is 0 Å². The van der Waals surface area contributed by atoms with E-state index in [2.05, 4.69) is 20.1 Å². The molecule has 0 unspecified atom stereocenters. The van der Waals surface area contributed by atoms with Gasteiger partial charge in [0.15, 0.2) is 5.58 Å². The molecule has 6 nitrogen and oxygen atoms in total. The number of aromatic nitrogens is 4. The first-order valence-electron chi connectivity index (χ1n) is 7.24. The van der Waals surface area contributed by atoms with Crippen molar-refractivity contribution in [1.29, 1.82) is 0 Å². The third-order valence-corrected chi connectivity index (χ3v) is 3.72. The lowest BCUT2D eigenvalue weighted by atomic mass is 10.2. The number of fused-ring (bicyclic) bond motifs is 1. The fraction of sp³-hybridized carbons (Fsp3) is 0.118. The van der Waals surface area contributed by atoms with E-state index in [0.717, 1.165) is 28.0 Å². The van der Waals surface area contributed by atoms with Gasteiger partial charge < -0.3 is 9.32 Å². The van der Waals surface area contributed by atoms with Gasteiger partial charge in [-0.3, -0.25) is 4.57 Å². The molecule has 2 aromatic heterocycles. The lowest BCUT2D eigenvalue weighted by Crippen LogP contribution is -2.07. The first kappa shape index (κ1) is 13.5. The standard InChI is InChI=1S/C17H15N5O/c1-21(2)13-5-3-12(4-6-13)17-20-15-9-14(7-8-16(15)23-17)22-10-18-19-11-22/h3-11H,1-2H3. The summed E-state index contributed by atoms with van der Waals surface area (Å²) in [6.45, 7) is 0. The lowest BCUT2D eigenvalue weighted by molar-refractivity contribution is 0.620. The van der Waals surface area contributed by atoms with E-state index in [-0.39, 0.29) is 0 Å². The lowest BCUT2D eigenvalue weighted by Gasteiger charge is -2.11. The van der Waals surface area contributed by atoms with E-state index in [1.54, 1.807) is 12.7 Å². The molecular formula is C17H15N5O. The van der Waals surface area contributed by atoms with Gasteiger partial charge in [-0.2, -0.15) is 0 Å². The second kappa shape index (κ2) is 5.24. The van der Waals surface area contributed by atoms with E-state index in [1.165, 1.54) is 0 Å². The zero-order valence-electron chi connectivity index (χ0n) is 12.8. The first-order chi connectivity index (χ1) is 11.2. The van der Waals surface area contributed by atoms with Gasteiger partial charge in [-0.15, -0.1) is 10.2 Å². The second-order valence-electron chi connectivity index (χ2n) is 5.48. The Balaban J connectivity index is 1.74. The van der Waals surface area contributed by atoms with Crippen LogP contribution >= 0.6 is 0 Å². The molecule has 2 aromatic carbocycles. The first-order valence-corrected chi connectivity index (χ1v) is 7.24. The molecule has 114 valence electrons. The molecule has 4 rings (SSSR count). The highest BCUT2D eigenvalue weighted by Crippen LogP contribution is 2.27. The predicted octanol–water partition coefficient (Wildman–Crippen LogP) is 3.14. The smallest absolute Gasteiger partial charge is 0.227 e. The second-order valence-corrected chi connectivity index (χ2v) is 5.48. The summed E-state index contributed by atoms with van der Waals surface area (Å²) in [5.41, 5.74) is 4.61. The Bertz CT molecular complexity index is 939. The molecule has 0 saturated heterocycles. The Morgan fingerprint density at radius 3 is 2.39 bits per heavy atom. The SMILES string of the molecule is CN(C)c1ccc(-c2nc3cc(-n4cnnc4)ccc3o2)cc1. The predicted molar refractivity (Wildman–Crippen MR) is 88.7 cm³/mol. The quantitative estimate of drug-likeness (QED) is 0.582. The summed E-state index contributed by atoms with van der Waals surface area (Å²) in [6.07, 6.45) is 3.31. The molecule has 0 N–H and O–H groups in total. The maximum Gasteiger partial charge on any atom is 0.227 e. The van der Waals surface area contributed by atoms with E-state index in [9.17, 15) is 0 Å². The highest BCUT2D eigenvalue weighted by molar-refractivity contribution is 5.78. The topological polar surface area (TPSA) is 60.0 Å². The monoisotopic (exact) mass is 305 g/mol. The Labute approximate surface area is 133 Å². The van der Waals surface area contributed by atoms with Gasteiger partial charge >= 0.3 is 0 Å². The average molecular weight is 305 g/mol. The van der Waals surface area contributed by atoms with Crippen molar-refractivity contribution in [3.63, 3.8) is 0 Å². The van der Waals surface area contributed by atoms with Crippen molar-refractivity contribution in [2.24, 2.45) is 0 Å². The average Bonchev–Trinajstić information content (AvgIpc) is 3.23. The van der Waals surface area contributed by atoms with E-state index in [4.69, 9.17) is 4.42 Å². The molecule has 0 spiro atoms. The molecule has 0 aliphatic heterocycles. The summed E-state index contributed by atoms with van der Waals surface area (Å²) in [6, 6.07) is 14.0. The number of benzene rings is 2. The summed E-state index contributed by atoms with van der Waals surface area (Å²) >= 11 is 0. The van der Waals surface area contributed by atoms with Crippen LogP contribution in [-0.2, 0) is 0 Å². The summed E-state index contributed by atoms with van der Waals surface area (Å²) in [5.74, 6) is 0.617. The van der Waals surface area contributed by atoms with Crippen molar-refractivity contribution in [1.82, 2.24) is 19.7 Å². The number of hydrogen-bond acceptors (Lipinski definition) is 5. The summed E-state index contributed by atoms with van der Waals surface area (Å²) in [7, 11) is 4.03. The van der Waals surface area contributed by atoms with Crippen LogP contribution in [0.25, 0.3) is 28.2 Å². The molecule has 4 aromatic rings. The molecule has 0 radical (unpaired) electrons. The molecule has 0 saturated carbocycles. The van der Waals surface area contributed by atoms with E-state index in [1.807, 2.05) is 61.1 Å². The van der Waals surface area contributed by atoms with Gasteiger partial charge in [-0.1, -0.05) is 0 Å². The van der Waals surface area contributed by atoms with E-state index < -0.39 is 0 Å². The zero-order valence-corrected chi connectivity index (χ0v) is 12.8. The Morgan fingerprint density at radius 2 is 1.70 bits per heavy atom. The summed E-state index contributed by atoms with van der Waals surface area (Å²) in [5, 5.41) is 7.64. The minimum atomic E-state index is 0.617. The molecule has 0 bridgehead atoms. The van der Waals surface area contributed by atoms with E-state index >= 15 is 0 Å². The van der Waals surface area contributed by atoms with Crippen LogP contribution in [0.4, 0.5) is 5.69 Å². The van der Waals surface area contributed by atoms with E-state index in [0.29, 0.717) is 5.89 Å². The molecule has 0 amide bonds. The van der Waals surface area contributed by atoms with Crippen LogP contribution in [0.2, 0.25) is 0 Å². The van der Waals surface area contributed by atoms with Crippen molar-refractivity contribution in [2.45, 2.75) is 0 Å². The van der Waals surface area contributed by atoms with Gasteiger partial charge in [-0.25, -0.2) is 4.98 Å². The normalized spacial score (nSPS) is 11.0. The third-order valence-electron chi connectivity index (χ3n) is 3.72. The Kier molecular flexibility index (Phi) is 3.08. The third kappa shape index (κ3) is 2.44. The van der Waals surface area contributed by atoms with Crippen molar-refractivity contribution >= 4 is 16.8 Å². The Morgan fingerprint density at radius 1 is 0.957 bits per heavy atom. The van der Waals surface area contributed by atoms with Gasteiger partial charge in [0.05, 0.1) is 5.69 Å². The molecule has 0 atom stereocenters. The van der Waals surface area contributed by atoms with Crippen LogP contribution in [0, 0.1) is 0 Å². The molecule has 6 heteroatoms. The highest BCUT2D eigenvalue weighted by Gasteiger charge is 2.09. The molecule has 0 aliphatic carbocycles. The van der Waals surface area contributed by atoms with Gasteiger partial charge in [0.2, 0.25) is 5.89 Å². The van der Waals surface area contributed by atoms with Crippen molar-refractivity contribution in [2.75, 3.05) is 19.0 Å². The number of anilines is 1. The van der Waals surface area contributed by atoms with Gasteiger partial charge in [0.1, 0.15) is 18.2 Å². The number of oxazole rings is 1. The number of hydrogen-bond donors (Lipinski definition) is 0. The largest absolute Gasteiger partial charge is 0.436 e. The number of nitrogens with zero attached hydrogens (tertiary/aromatic N) is 5. The summed E-state index contributed by atoms with van der Waals surface area (Å²) in [4.78, 5) is 6.65. The zero-order chi connectivity index (χ0) is 15.8. The van der Waals surface area contributed by atoms with Gasteiger partial charge in [0.25, 0.3) is 0 Å². The minimum absolute atomic E-state index is 0.617. The maximum absolute atomic E-state index is 5.86. The molecule has 2 heterocycles. The van der Waals surface area contributed by atoms with Crippen LogP contribution in [0.5, 0.6) is 0 Å². The molecule has 23 heavy (non-hydrogen) atoms. The number of rotatable bonds is 3. The minimum Gasteiger partial charge on any atom is -0.436 e. The maximum atomic E-state index is 5.86. The summed E-state index contributed by atoms with van der Waals surface area (Å²) < 4.78 is 7.69. The molecular weight excluding hydrogens is 290 g/mol. The van der Waals surface area contributed by atoms with Gasteiger partial charge in [-0.05, 0) is 42.5 Å². The fourth-order valence-corrected chi connectivity index (χ4v) is 2.44. The fourth-order valence-electron chi connectivity index (χ4n) is 2.44. The Hall–Kier alpha value is -3.15. The van der Waals surface area contributed by atoms with Crippen LogP contribution < -0.4 is 4.90 Å².